The molecular formula is C21H17FN4OS2. The summed E-state index contributed by atoms with van der Waals surface area (Å²) in [5.41, 5.74) is 3.67. The predicted octanol–water partition coefficient (Wildman–Crippen LogP) is 5.17. The molecule has 4 aromatic rings. The first-order valence-electron chi connectivity index (χ1n) is 8.83. The first kappa shape index (κ1) is 19.4. The van der Waals surface area contributed by atoms with Crippen molar-refractivity contribution in [2.24, 2.45) is 0 Å². The van der Waals surface area contributed by atoms with E-state index in [1.165, 1.54) is 35.2 Å². The van der Waals surface area contributed by atoms with E-state index in [9.17, 15) is 9.18 Å². The highest BCUT2D eigenvalue weighted by Gasteiger charge is 2.12. The Morgan fingerprint density at radius 1 is 1.24 bits per heavy atom. The van der Waals surface area contributed by atoms with Gasteiger partial charge in [-0.3, -0.25) is 9.36 Å². The van der Waals surface area contributed by atoms with Gasteiger partial charge < -0.3 is 5.32 Å². The summed E-state index contributed by atoms with van der Waals surface area (Å²) in [5.74, 6) is -0.235. The van der Waals surface area contributed by atoms with Crippen molar-refractivity contribution in [1.82, 2.24) is 14.5 Å². The van der Waals surface area contributed by atoms with Gasteiger partial charge in [-0.1, -0.05) is 23.9 Å². The second kappa shape index (κ2) is 8.59. The van der Waals surface area contributed by atoms with Crippen LogP contribution in [0.15, 0.2) is 71.5 Å². The minimum atomic E-state index is -0.293. The van der Waals surface area contributed by atoms with Gasteiger partial charge in [-0.2, -0.15) is 0 Å². The molecule has 0 spiro atoms. The smallest absolute Gasteiger partial charge is 0.236 e. The third kappa shape index (κ3) is 4.72. The Labute approximate surface area is 175 Å². The van der Waals surface area contributed by atoms with Gasteiger partial charge in [-0.25, -0.2) is 14.4 Å². The highest BCUT2D eigenvalue weighted by Crippen LogP contribution is 2.26. The molecular weight excluding hydrogens is 407 g/mol. The largest absolute Gasteiger partial charge is 0.301 e. The zero-order valence-corrected chi connectivity index (χ0v) is 17.1. The van der Waals surface area contributed by atoms with Crippen molar-refractivity contribution in [1.29, 1.82) is 0 Å². The lowest BCUT2D eigenvalue weighted by Gasteiger charge is -2.08. The average molecular weight is 425 g/mol. The van der Waals surface area contributed by atoms with Crippen molar-refractivity contribution in [3.8, 4) is 16.9 Å². The molecule has 0 atom stereocenters. The Morgan fingerprint density at radius 3 is 2.86 bits per heavy atom. The fourth-order valence-corrected chi connectivity index (χ4v) is 4.25. The lowest BCUT2D eigenvalue weighted by molar-refractivity contribution is -0.113. The van der Waals surface area contributed by atoms with Crippen molar-refractivity contribution >= 4 is 34.1 Å². The molecule has 2 aromatic carbocycles. The lowest BCUT2D eigenvalue weighted by Crippen LogP contribution is -2.14. The molecule has 0 aliphatic heterocycles. The Morgan fingerprint density at radius 2 is 2.07 bits per heavy atom. The molecule has 0 radical (unpaired) electrons. The number of carbonyl (C=O) groups is 1. The number of nitrogens with zero attached hydrogens (tertiary/aromatic N) is 3. The van der Waals surface area contributed by atoms with E-state index in [0.29, 0.717) is 10.8 Å². The zero-order valence-electron chi connectivity index (χ0n) is 15.5. The third-order valence-electron chi connectivity index (χ3n) is 4.11. The molecule has 29 heavy (non-hydrogen) atoms. The van der Waals surface area contributed by atoms with E-state index >= 15 is 0 Å². The monoisotopic (exact) mass is 424 g/mol. The van der Waals surface area contributed by atoms with Crippen LogP contribution in [0.25, 0.3) is 16.9 Å². The molecule has 0 unspecified atom stereocenters. The molecule has 4 rings (SSSR count). The predicted molar refractivity (Wildman–Crippen MR) is 115 cm³/mol. The normalized spacial score (nSPS) is 10.8. The number of benzene rings is 2. The number of aromatic nitrogens is 3. The maximum Gasteiger partial charge on any atom is 0.236 e. The summed E-state index contributed by atoms with van der Waals surface area (Å²) in [5, 5.41) is 5.90. The first-order valence-corrected chi connectivity index (χ1v) is 10.7. The second-order valence-corrected chi connectivity index (χ2v) is 8.10. The lowest BCUT2D eigenvalue weighted by atomic mass is 10.2. The van der Waals surface area contributed by atoms with Gasteiger partial charge in [0.05, 0.1) is 11.4 Å². The number of carbonyl (C=O) groups excluding carboxylic acids is 1. The summed E-state index contributed by atoms with van der Waals surface area (Å²) in [6.07, 6.45) is 3.60. The number of rotatable bonds is 6. The maximum absolute atomic E-state index is 13.1. The van der Waals surface area contributed by atoms with E-state index in [-0.39, 0.29) is 17.5 Å². The number of hydrogen-bond donors (Lipinski definition) is 1. The molecule has 0 aliphatic carbocycles. The fraction of sp³-hybridized carbons (Fsp3) is 0.0952. The van der Waals surface area contributed by atoms with Crippen LogP contribution in [0.4, 0.5) is 9.52 Å². The molecule has 0 bridgehead atoms. The quantitative estimate of drug-likeness (QED) is 0.434. The van der Waals surface area contributed by atoms with Gasteiger partial charge >= 0.3 is 0 Å². The SMILES string of the molecule is Cc1cccc(-n2ccnc2SCC(=O)Nc2nc(-c3ccc(F)cc3)cs2)c1. The van der Waals surface area contributed by atoms with E-state index in [2.05, 4.69) is 21.4 Å². The molecule has 8 heteroatoms. The van der Waals surface area contributed by atoms with Crippen LogP contribution >= 0.6 is 23.1 Å². The van der Waals surface area contributed by atoms with Gasteiger partial charge in [0.1, 0.15) is 5.82 Å². The van der Waals surface area contributed by atoms with Crippen LogP contribution in [0.5, 0.6) is 0 Å². The number of aryl methyl sites for hydroxylation is 1. The summed E-state index contributed by atoms with van der Waals surface area (Å²) in [7, 11) is 0. The minimum absolute atomic E-state index is 0.159. The van der Waals surface area contributed by atoms with Gasteiger partial charge in [0.2, 0.25) is 5.91 Å². The van der Waals surface area contributed by atoms with Crippen LogP contribution in [0.2, 0.25) is 0 Å². The number of hydrogen-bond acceptors (Lipinski definition) is 5. The highest BCUT2D eigenvalue weighted by molar-refractivity contribution is 7.99. The molecule has 0 aliphatic rings. The molecule has 1 amide bonds. The third-order valence-corrected chi connectivity index (χ3v) is 5.83. The van der Waals surface area contributed by atoms with Gasteiger partial charge in [0, 0.05) is 29.0 Å². The number of halogens is 1. The Hall–Kier alpha value is -2.97. The average Bonchev–Trinajstić information content (AvgIpc) is 3.36. The number of thioether (sulfide) groups is 1. The molecule has 2 aromatic heterocycles. The van der Waals surface area contributed by atoms with Crippen LogP contribution in [-0.4, -0.2) is 26.2 Å². The van der Waals surface area contributed by atoms with E-state index in [1.807, 2.05) is 41.3 Å². The Balaban J connectivity index is 1.38. The van der Waals surface area contributed by atoms with Crippen LogP contribution in [-0.2, 0) is 4.79 Å². The van der Waals surface area contributed by atoms with E-state index < -0.39 is 0 Å². The van der Waals surface area contributed by atoms with Crippen LogP contribution < -0.4 is 5.32 Å². The van der Waals surface area contributed by atoms with Crippen LogP contribution in [0.3, 0.4) is 0 Å². The first-order chi connectivity index (χ1) is 14.1. The van der Waals surface area contributed by atoms with E-state index in [0.717, 1.165) is 22.0 Å². The van der Waals surface area contributed by atoms with Gasteiger partial charge in [-0.05, 0) is 48.9 Å². The number of nitrogens with one attached hydrogen (secondary N) is 1. The molecule has 146 valence electrons. The van der Waals surface area contributed by atoms with Crippen molar-refractivity contribution in [3.05, 3.63) is 77.7 Å². The van der Waals surface area contributed by atoms with Gasteiger partial charge in [-0.15, -0.1) is 11.3 Å². The molecule has 0 saturated carbocycles. The van der Waals surface area contributed by atoms with Gasteiger partial charge in [0.25, 0.3) is 0 Å². The standard InChI is InChI=1S/C21H17FN4OS2/c1-14-3-2-4-17(11-14)26-10-9-23-21(26)29-13-19(27)25-20-24-18(12-28-20)15-5-7-16(22)8-6-15/h2-12H,13H2,1H3,(H,24,25,27). The molecule has 2 heterocycles. The van der Waals surface area contributed by atoms with Crippen molar-refractivity contribution in [2.45, 2.75) is 12.1 Å². The second-order valence-electron chi connectivity index (χ2n) is 6.30. The van der Waals surface area contributed by atoms with Crippen LogP contribution in [0, 0.1) is 12.7 Å². The Bertz CT molecular complexity index is 1140. The van der Waals surface area contributed by atoms with Crippen molar-refractivity contribution < 1.29 is 9.18 Å². The van der Waals surface area contributed by atoms with Gasteiger partial charge in [0.15, 0.2) is 10.3 Å². The summed E-state index contributed by atoms with van der Waals surface area (Å²) in [6, 6.07) is 14.2. The molecule has 0 fully saturated rings. The number of anilines is 1. The summed E-state index contributed by atoms with van der Waals surface area (Å²) in [6.45, 7) is 2.04. The molecule has 1 N–H and O–H groups in total. The summed E-state index contributed by atoms with van der Waals surface area (Å²) in [4.78, 5) is 21.1. The number of amides is 1. The van der Waals surface area contributed by atoms with Crippen molar-refractivity contribution in [3.63, 3.8) is 0 Å². The maximum atomic E-state index is 13.1. The summed E-state index contributed by atoms with van der Waals surface area (Å²) >= 11 is 2.70. The zero-order chi connectivity index (χ0) is 20.2. The number of imidazole rings is 1. The topological polar surface area (TPSA) is 59.8 Å². The highest BCUT2D eigenvalue weighted by atomic mass is 32.2. The minimum Gasteiger partial charge on any atom is -0.301 e. The Kier molecular flexibility index (Phi) is 5.73. The van der Waals surface area contributed by atoms with Crippen LogP contribution in [0.1, 0.15) is 5.56 Å². The fourth-order valence-electron chi connectivity index (χ4n) is 2.74. The van der Waals surface area contributed by atoms with E-state index in [4.69, 9.17) is 0 Å². The van der Waals surface area contributed by atoms with Crippen molar-refractivity contribution in [2.75, 3.05) is 11.1 Å². The summed E-state index contributed by atoms with van der Waals surface area (Å²) < 4.78 is 15.0. The molecule has 5 nitrogen and oxygen atoms in total. The molecule has 0 saturated heterocycles. The number of thiazole rings is 1. The van der Waals surface area contributed by atoms with E-state index in [1.54, 1.807) is 18.3 Å².